The van der Waals surface area contributed by atoms with Crippen molar-refractivity contribution in [1.82, 2.24) is 4.98 Å². The molecule has 0 aliphatic rings. The van der Waals surface area contributed by atoms with Gasteiger partial charge in [0.15, 0.2) is 0 Å². The zero-order chi connectivity index (χ0) is 12.0. The van der Waals surface area contributed by atoms with Crippen LogP contribution in [0.1, 0.15) is 13.8 Å². The number of methoxy groups -OCH3 is 1. The average molecular weight is 224 g/mol. The number of aromatic nitrogens is 1. The zero-order valence-corrected chi connectivity index (χ0v) is 9.69. The van der Waals surface area contributed by atoms with Crippen LogP contribution in [0.25, 0.3) is 0 Å². The molecule has 88 valence electrons. The van der Waals surface area contributed by atoms with Crippen molar-refractivity contribution in [1.29, 1.82) is 0 Å². The summed E-state index contributed by atoms with van der Waals surface area (Å²) in [6.07, 6.45) is 1.50. The minimum atomic E-state index is -0.286. The molecule has 1 heterocycles. The van der Waals surface area contributed by atoms with Crippen molar-refractivity contribution in [3.05, 3.63) is 18.3 Å². The summed E-state index contributed by atoms with van der Waals surface area (Å²) in [4.78, 5) is 15.2. The standard InChI is InChI=1S/C11H16N2O3/c1-8(2)16-11(14)7-12-9-4-5-10(15-3)13-6-9/h4-6,8,12H,7H2,1-3H3. The first kappa shape index (κ1) is 12.3. The smallest absolute Gasteiger partial charge is 0.325 e. The van der Waals surface area contributed by atoms with E-state index in [2.05, 4.69) is 10.3 Å². The molecule has 0 aliphatic carbocycles. The molecule has 0 amide bonds. The molecule has 0 saturated heterocycles. The van der Waals surface area contributed by atoms with Crippen LogP contribution in [0.4, 0.5) is 5.69 Å². The van der Waals surface area contributed by atoms with Gasteiger partial charge in [-0.3, -0.25) is 4.79 Å². The van der Waals surface area contributed by atoms with E-state index in [4.69, 9.17) is 9.47 Å². The van der Waals surface area contributed by atoms with Gasteiger partial charge >= 0.3 is 5.97 Å². The highest BCUT2D eigenvalue weighted by Crippen LogP contribution is 2.10. The van der Waals surface area contributed by atoms with E-state index in [1.165, 1.54) is 0 Å². The molecular formula is C11H16N2O3. The molecule has 0 atom stereocenters. The Morgan fingerprint density at radius 3 is 2.75 bits per heavy atom. The molecule has 1 aromatic heterocycles. The fourth-order valence-electron chi connectivity index (χ4n) is 1.08. The average Bonchev–Trinajstić information content (AvgIpc) is 2.26. The maximum atomic E-state index is 11.2. The maximum absolute atomic E-state index is 11.2. The summed E-state index contributed by atoms with van der Waals surface area (Å²) in [6, 6.07) is 3.50. The SMILES string of the molecule is COc1ccc(NCC(=O)OC(C)C)cn1. The van der Waals surface area contributed by atoms with Crippen molar-refractivity contribution in [2.24, 2.45) is 0 Å². The highest BCUT2D eigenvalue weighted by atomic mass is 16.5. The first-order valence-electron chi connectivity index (χ1n) is 5.05. The fraction of sp³-hybridized carbons (Fsp3) is 0.455. The van der Waals surface area contributed by atoms with Gasteiger partial charge in [-0.05, 0) is 19.9 Å². The van der Waals surface area contributed by atoms with E-state index in [-0.39, 0.29) is 18.6 Å². The molecule has 1 rings (SSSR count). The minimum absolute atomic E-state index is 0.0942. The van der Waals surface area contributed by atoms with Crippen molar-refractivity contribution in [3.63, 3.8) is 0 Å². The number of carbonyl (C=O) groups excluding carboxylic acids is 1. The van der Waals surface area contributed by atoms with Crippen LogP contribution in [-0.4, -0.2) is 30.7 Å². The number of carbonyl (C=O) groups is 1. The third kappa shape index (κ3) is 4.16. The van der Waals surface area contributed by atoms with Gasteiger partial charge in [0.2, 0.25) is 5.88 Å². The van der Waals surface area contributed by atoms with Crippen molar-refractivity contribution in [3.8, 4) is 5.88 Å². The van der Waals surface area contributed by atoms with E-state index in [0.717, 1.165) is 5.69 Å². The second kappa shape index (κ2) is 5.95. The number of nitrogens with one attached hydrogen (secondary N) is 1. The summed E-state index contributed by atoms with van der Waals surface area (Å²) in [5, 5.41) is 2.91. The van der Waals surface area contributed by atoms with E-state index in [1.807, 2.05) is 13.8 Å². The van der Waals surface area contributed by atoms with E-state index >= 15 is 0 Å². The Kier molecular flexibility index (Phi) is 4.57. The first-order valence-corrected chi connectivity index (χ1v) is 5.05. The molecule has 0 saturated carbocycles. The van der Waals surface area contributed by atoms with Crippen LogP contribution >= 0.6 is 0 Å². The van der Waals surface area contributed by atoms with E-state index in [1.54, 1.807) is 25.4 Å². The lowest BCUT2D eigenvalue weighted by molar-refractivity contribution is -0.145. The number of hydrogen-bond acceptors (Lipinski definition) is 5. The molecule has 0 unspecified atom stereocenters. The number of anilines is 1. The molecule has 0 bridgehead atoms. The summed E-state index contributed by atoms with van der Waals surface area (Å²) in [6.45, 7) is 3.76. The van der Waals surface area contributed by atoms with Crippen LogP contribution in [0.15, 0.2) is 18.3 Å². The van der Waals surface area contributed by atoms with Crippen molar-refractivity contribution in [2.75, 3.05) is 19.0 Å². The number of esters is 1. The summed E-state index contributed by atoms with van der Waals surface area (Å²) in [7, 11) is 1.55. The number of ether oxygens (including phenoxy) is 2. The van der Waals surface area contributed by atoms with Crippen LogP contribution in [0.5, 0.6) is 5.88 Å². The molecule has 0 aromatic carbocycles. The summed E-state index contributed by atoms with van der Waals surface area (Å²) in [5.41, 5.74) is 0.751. The van der Waals surface area contributed by atoms with Gasteiger partial charge in [0.25, 0.3) is 0 Å². The van der Waals surface area contributed by atoms with Crippen molar-refractivity contribution >= 4 is 11.7 Å². The Bertz CT molecular complexity index is 336. The Morgan fingerprint density at radius 1 is 1.50 bits per heavy atom. The first-order chi connectivity index (χ1) is 7.61. The predicted molar refractivity (Wildman–Crippen MR) is 60.5 cm³/mol. The summed E-state index contributed by atoms with van der Waals surface area (Å²) in [5.74, 6) is 0.251. The molecule has 16 heavy (non-hydrogen) atoms. The highest BCUT2D eigenvalue weighted by molar-refractivity contribution is 5.75. The quantitative estimate of drug-likeness (QED) is 0.767. The van der Waals surface area contributed by atoms with Gasteiger partial charge in [-0.25, -0.2) is 4.98 Å². The van der Waals surface area contributed by atoms with E-state index < -0.39 is 0 Å². The van der Waals surface area contributed by atoms with Gasteiger partial charge < -0.3 is 14.8 Å². The molecule has 5 heteroatoms. The number of hydrogen-bond donors (Lipinski definition) is 1. The van der Waals surface area contributed by atoms with Crippen LogP contribution in [-0.2, 0) is 9.53 Å². The van der Waals surface area contributed by atoms with Gasteiger partial charge in [-0.15, -0.1) is 0 Å². The third-order valence-corrected chi connectivity index (χ3v) is 1.75. The lowest BCUT2D eigenvalue weighted by atomic mass is 10.4. The van der Waals surface area contributed by atoms with Gasteiger partial charge in [0.05, 0.1) is 25.1 Å². The fourth-order valence-corrected chi connectivity index (χ4v) is 1.08. The number of pyridine rings is 1. The van der Waals surface area contributed by atoms with Gasteiger partial charge in [0.1, 0.15) is 6.54 Å². The monoisotopic (exact) mass is 224 g/mol. The Balaban J connectivity index is 2.39. The number of nitrogens with zero attached hydrogens (tertiary/aromatic N) is 1. The van der Waals surface area contributed by atoms with Crippen LogP contribution in [0.3, 0.4) is 0 Å². The second-order valence-corrected chi connectivity index (χ2v) is 3.48. The zero-order valence-electron chi connectivity index (χ0n) is 9.69. The van der Waals surface area contributed by atoms with Gasteiger partial charge in [-0.1, -0.05) is 0 Å². The Morgan fingerprint density at radius 2 is 2.25 bits per heavy atom. The lowest BCUT2D eigenvalue weighted by Crippen LogP contribution is -2.20. The summed E-state index contributed by atoms with van der Waals surface area (Å²) >= 11 is 0. The largest absolute Gasteiger partial charge is 0.481 e. The predicted octanol–water partition coefficient (Wildman–Crippen LogP) is 1.45. The molecule has 0 aliphatic heterocycles. The molecule has 1 aromatic rings. The number of rotatable bonds is 5. The Hall–Kier alpha value is -1.78. The maximum Gasteiger partial charge on any atom is 0.325 e. The topological polar surface area (TPSA) is 60.5 Å². The molecule has 0 spiro atoms. The molecule has 5 nitrogen and oxygen atoms in total. The van der Waals surface area contributed by atoms with E-state index in [9.17, 15) is 4.79 Å². The second-order valence-electron chi connectivity index (χ2n) is 3.48. The van der Waals surface area contributed by atoms with E-state index in [0.29, 0.717) is 5.88 Å². The Labute approximate surface area is 94.8 Å². The molecule has 0 fully saturated rings. The van der Waals surface area contributed by atoms with Crippen molar-refractivity contribution < 1.29 is 14.3 Å². The van der Waals surface area contributed by atoms with Crippen LogP contribution in [0.2, 0.25) is 0 Å². The molecule has 1 N–H and O–H groups in total. The van der Waals surface area contributed by atoms with Crippen LogP contribution in [0, 0.1) is 0 Å². The lowest BCUT2D eigenvalue weighted by Gasteiger charge is -2.09. The normalized spacial score (nSPS) is 10.0. The summed E-state index contributed by atoms with van der Waals surface area (Å²) < 4.78 is 9.89. The van der Waals surface area contributed by atoms with Crippen molar-refractivity contribution in [2.45, 2.75) is 20.0 Å². The highest BCUT2D eigenvalue weighted by Gasteiger charge is 2.04. The minimum Gasteiger partial charge on any atom is -0.481 e. The molecule has 0 radical (unpaired) electrons. The molecular weight excluding hydrogens is 208 g/mol. The van der Waals surface area contributed by atoms with Crippen LogP contribution < -0.4 is 10.1 Å². The third-order valence-electron chi connectivity index (χ3n) is 1.75. The van der Waals surface area contributed by atoms with Gasteiger partial charge in [0, 0.05) is 6.07 Å². The van der Waals surface area contributed by atoms with Gasteiger partial charge in [-0.2, -0.15) is 0 Å².